The van der Waals surface area contributed by atoms with Crippen molar-refractivity contribution in [2.75, 3.05) is 13.2 Å². The fraction of sp³-hybridized carbons (Fsp3) is 0.875. The van der Waals surface area contributed by atoms with Crippen LogP contribution < -0.4 is 5.48 Å². The summed E-state index contributed by atoms with van der Waals surface area (Å²) in [4.78, 5) is 15.5. The Morgan fingerprint density at radius 3 is 2.50 bits per heavy atom. The van der Waals surface area contributed by atoms with Gasteiger partial charge in [-0.3, -0.25) is 4.84 Å². The van der Waals surface area contributed by atoms with E-state index in [0.29, 0.717) is 0 Å². The molecule has 0 heterocycles. The second kappa shape index (κ2) is 5.79. The van der Waals surface area contributed by atoms with Gasteiger partial charge in [0.05, 0.1) is 6.61 Å². The summed E-state index contributed by atoms with van der Waals surface area (Å²) in [6.07, 6.45) is -1.74. The highest BCUT2D eigenvalue weighted by Crippen LogP contribution is 2.06. The number of hydrogen-bond donors (Lipinski definition) is 3. The fourth-order valence-electron chi connectivity index (χ4n) is 0.548. The van der Waals surface area contributed by atoms with Gasteiger partial charge in [0.25, 0.3) is 0 Å². The molecule has 0 saturated heterocycles. The van der Waals surface area contributed by atoms with Crippen molar-refractivity contribution in [3.63, 3.8) is 0 Å². The highest BCUT2D eigenvalue weighted by Gasteiger charge is 2.16. The van der Waals surface area contributed by atoms with Crippen molar-refractivity contribution >= 4 is 6.09 Å². The van der Waals surface area contributed by atoms with Gasteiger partial charge in [0.2, 0.25) is 0 Å². The van der Waals surface area contributed by atoms with Crippen LogP contribution in [0.4, 0.5) is 4.79 Å². The average Bonchev–Trinajstić information content (AvgIpc) is 2.00. The molecule has 1 unspecified atom stereocenters. The number of nitrogens with one attached hydrogen (secondary N) is 1. The van der Waals surface area contributed by atoms with E-state index < -0.39 is 24.4 Å². The second-order valence-electron chi connectivity index (χ2n) is 3.75. The van der Waals surface area contributed by atoms with Crippen molar-refractivity contribution in [3.8, 4) is 0 Å². The summed E-state index contributed by atoms with van der Waals surface area (Å²) in [5.74, 6) is 0. The molecule has 0 saturated carbocycles. The lowest BCUT2D eigenvalue weighted by Gasteiger charge is -2.19. The largest absolute Gasteiger partial charge is 0.442 e. The molecule has 0 spiro atoms. The summed E-state index contributed by atoms with van der Waals surface area (Å²) in [7, 11) is 0. The Morgan fingerprint density at radius 2 is 2.07 bits per heavy atom. The van der Waals surface area contributed by atoms with Crippen LogP contribution >= 0.6 is 0 Å². The predicted octanol–water partition coefficient (Wildman–Crippen LogP) is -0.204. The van der Waals surface area contributed by atoms with Crippen molar-refractivity contribution in [3.05, 3.63) is 0 Å². The molecule has 6 nitrogen and oxygen atoms in total. The lowest BCUT2D eigenvalue weighted by atomic mass is 10.2. The van der Waals surface area contributed by atoms with Gasteiger partial charge in [-0.15, -0.1) is 0 Å². The summed E-state index contributed by atoms with van der Waals surface area (Å²) < 4.78 is 4.83. The Kier molecular flexibility index (Phi) is 5.44. The van der Waals surface area contributed by atoms with Crippen LogP contribution in [0.5, 0.6) is 0 Å². The Balaban J connectivity index is 3.55. The first-order valence-electron chi connectivity index (χ1n) is 4.25. The Morgan fingerprint density at radius 1 is 1.50 bits per heavy atom. The van der Waals surface area contributed by atoms with E-state index in [9.17, 15) is 4.79 Å². The number of aliphatic hydroxyl groups is 2. The van der Waals surface area contributed by atoms with Gasteiger partial charge in [0.15, 0.2) is 0 Å². The maximum atomic E-state index is 10.9. The van der Waals surface area contributed by atoms with Crippen LogP contribution in [0.2, 0.25) is 0 Å². The summed E-state index contributed by atoms with van der Waals surface area (Å²) in [5.41, 5.74) is 1.38. The van der Waals surface area contributed by atoms with E-state index in [-0.39, 0.29) is 6.61 Å². The molecule has 0 bridgehead atoms. The Bertz CT molecular complexity index is 177. The Labute approximate surface area is 82.8 Å². The van der Waals surface area contributed by atoms with Gasteiger partial charge < -0.3 is 14.9 Å². The van der Waals surface area contributed by atoms with Crippen LogP contribution in [0.15, 0.2) is 0 Å². The van der Waals surface area contributed by atoms with Crippen molar-refractivity contribution in [2.24, 2.45) is 0 Å². The number of ether oxygens (including phenoxy) is 1. The van der Waals surface area contributed by atoms with Crippen LogP contribution in [0.1, 0.15) is 20.8 Å². The highest BCUT2D eigenvalue weighted by atomic mass is 16.7. The van der Waals surface area contributed by atoms with Gasteiger partial charge in [0, 0.05) is 0 Å². The third kappa shape index (κ3) is 7.78. The minimum Gasteiger partial charge on any atom is -0.442 e. The maximum absolute atomic E-state index is 10.9. The van der Waals surface area contributed by atoms with E-state index in [1.807, 2.05) is 5.48 Å². The smallest absolute Gasteiger partial charge is 0.431 e. The van der Waals surface area contributed by atoms with Gasteiger partial charge >= 0.3 is 6.09 Å². The number of amides is 1. The molecule has 0 rings (SSSR count). The lowest BCUT2D eigenvalue weighted by Crippen LogP contribution is -2.34. The van der Waals surface area contributed by atoms with E-state index in [1.54, 1.807) is 20.8 Å². The molecule has 6 heteroatoms. The monoisotopic (exact) mass is 207 g/mol. The summed E-state index contributed by atoms with van der Waals surface area (Å²) in [6.45, 7) is 4.55. The van der Waals surface area contributed by atoms with Crippen LogP contribution in [-0.2, 0) is 9.57 Å². The number of hydrogen-bond acceptors (Lipinski definition) is 5. The van der Waals surface area contributed by atoms with E-state index in [2.05, 4.69) is 4.84 Å². The standard InChI is InChI=1S/C8H17NO5/c1-8(2,3)14-7(12)9-13-5-6(11)4-10/h6,10-11H,4-5H2,1-3H3,(H,9,12). The molecule has 0 aliphatic rings. The quantitative estimate of drug-likeness (QED) is 0.555. The predicted molar refractivity (Wildman–Crippen MR) is 48.4 cm³/mol. The van der Waals surface area contributed by atoms with E-state index in [4.69, 9.17) is 14.9 Å². The topological polar surface area (TPSA) is 88.0 Å². The first kappa shape index (κ1) is 13.2. The number of carbonyl (C=O) groups is 1. The molecule has 0 aromatic carbocycles. The molecule has 14 heavy (non-hydrogen) atoms. The average molecular weight is 207 g/mol. The minimum absolute atomic E-state index is 0.185. The van der Waals surface area contributed by atoms with Gasteiger partial charge in [-0.1, -0.05) is 0 Å². The Hall–Kier alpha value is -0.850. The van der Waals surface area contributed by atoms with Crippen molar-refractivity contribution in [2.45, 2.75) is 32.5 Å². The zero-order chi connectivity index (χ0) is 11.2. The molecular formula is C8H17NO5. The fourth-order valence-corrected chi connectivity index (χ4v) is 0.548. The summed E-state index contributed by atoms with van der Waals surface area (Å²) >= 11 is 0. The van der Waals surface area contributed by atoms with E-state index in [0.717, 1.165) is 0 Å². The molecular weight excluding hydrogens is 190 g/mol. The third-order valence-electron chi connectivity index (χ3n) is 1.04. The van der Waals surface area contributed by atoms with E-state index in [1.165, 1.54) is 0 Å². The molecule has 0 aromatic heterocycles. The van der Waals surface area contributed by atoms with Gasteiger partial charge in [-0.25, -0.2) is 4.79 Å². The number of aliphatic hydroxyl groups excluding tert-OH is 2. The zero-order valence-corrected chi connectivity index (χ0v) is 8.61. The first-order valence-corrected chi connectivity index (χ1v) is 4.25. The normalized spacial score (nSPS) is 13.5. The first-order chi connectivity index (χ1) is 6.35. The SMILES string of the molecule is CC(C)(C)OC(=O)NOCC(O)CO. The van der Waals surface area contributed by atoms with Crippen LogP contribution in [-0.4, -0.2) is 41.2 Å². The molecule has 1 atom stereocenters. The molecule has 0 radical (unpaired) electrons. The molecule has 3 N–H and O–H groups in total. The molecule has 0 aliphatic carbocycles. The third-order valence-corrected chi connectivity index (χ3v) is 1.04. The second-order valence-corrected chi connectivity index (χ2v) is 3.75. The van der Waals surface area contributed by atoms with Crippen LogP contribution in [0.3, 0.4) is 0 Å². The molecule has 0 fully saturated rings. The number of hydroxylamine groups is 1. The van der Waals surface area contributed by atoms with Crippen molar-refractivity contribution in [1.82, 2.24) is 5.48 Å². The molecule has 84 valence electrons. The summed E-state index contributed by atoms with van der Waals surface area (Å²) in [5, 5.41) is 17.2. The number of rotatable bonds is 4. The highest BCUT2D eigenvalue weighted by molar-refractivity contribution is 5.66. The van der Waals surface area contributed by atoms with Gasteiger partial charge in [-0.05, 0) is 20.8 Å². The van der Waals surface area contributed by atoms with Gasteiger partial charge in [0.1, 0.15) is 18.3 Å². The van der Waals surface area contributed by atoms with Crippen molar-refractivity contribution in [1.29, 1.82) is 0 Å². The molecule has 0 aliphatic heterocycles. The van der Waals surface area contributed by atoms with Crippen LogP contribution in [0, 0.1) is 0 Å². The maximum Gasteiger partial charge on any atom is 0.431 e. The molecule has 1 amide bonds. The molecule has 0 aromatic rings. The lowest BCUT2D eigenvalue weighted by molar-refractivity contribution is -0.0470. The van der Waals surface area contributed by atoms with Gasteiger partial charge in [-0.2, -0.15) is 5.48 Å². The van der Waals surface area contributed by atoms with E-state index >= 15 is 0 Å². The number of carbonyl (C=O) groups excluding carboxylic acids is 1. The van der Waals surface area contributed by atoms with Crippen molar-refractivity contribution < 1.29 is 24.6 Å². The minimum atomic E-state index is -1.01. The summed E-state index contributed by atoms with van der Waals surface area (Å²) in [6, 6.07) is 0. The zero-order valence-electron chi connectivity index (χ0n) is 8.61. The van der Waals surface area contributed by atoms with Crippen LogP contribution in [0.25, 0.3) is 0 Å².